The topological polar surface area (TPSA) is 231 Å². The number of carboxylic acid groups (broad SMARTS) is 3. The van der Waals surface area contributed by atoms with Gasteiger partial charge in [0, 0.05) is 6.42 Å². The van der Waals surface area contributed by atoms with E-state index < -0.39 is 85.7 Å². The van der Waals surface area contributed by atoms with Crippen LogP contribution >= 0.6 is 0 Å². The van der Waals surface area contributed by atoms with Crippen molar-refractivity contribution in [1.29, 1.82) is 0 Å². The molecular formula is C17H26N4O10. The van der Waals surface area contributed by atoms with Crippen LogP contribution in [0.15, 0.2) is 0 Å². The van der Waals surface area contributed by atoms with Gasteiger partial charge in [-0.1, -0.05) is 0 Å². The summed E-state index contributed by atoms with van der Waals surface area (Å²) in [4.78, 5) is 69.7. The number of carboxylic acids is 3. The summed E-state index contributed by atoms with van der Waals surface area (Å²) in [5, 5.41) is 45.4. The molecule has 14 nitrogen and oxygen atoms in total. The Hall–Kier alpha value is -3.26. The van der Waals surface area contributed by atoms with Crippen LogP contribution in [0.3, 0.4) is 0 Å². The molecule has 1 aliphatic rings. The van der Waals surface area contributed by atoms with Crippen molar-refractivity contribution in [3.63, 3.8) is 0 Å². The van der Waals surface area contributed by atoms with E-state index in [1.807, 2.05) is 5.32 Å². The van der Waals surface area contributed by atoms with Crippen molar-refractivity contribution in [2.75, 3.05) is 13.2 Å². The monoisotopic (exact) mass is 446 g/mol. The van der Waals surface area contributed by atoms with Crippen LogP contribution in [0.4, 0.5) is 0 Å². The molecule has 0 aromatic heterocycles. The van der Waals surface area contributed by atoms with E-state index in [-0.39, 0.29) is 0 Å². The Balaban J connectivity index is 2.84. The number of hydrogen-bond donors (Lipinski definition) is 8. The van der Waals surface area contributed by atoms with Crippen LogP contribution in [0, 0.1) is 0 Å². The maximum atomic E-state index is 12.4. The zero-order chi connectivity index (χ0) is 23.6. The normalized spacial score (nSPS) is 18.3. The Morgan fingerprint density at radius 1 is 0.871 bits per heavy atom. The second kappa shape index (κ2) is 12.4. The largest absolute Gasteiger partial charge is 0.481 e. The first kappa shape index (κ1) is 25.8. The van der Waals surface area contributed by atoms with Gasteiger partial charge < -0.3 is 41.7 Å². The number of aliphatic hydroxyl groups is 1. The van der Waals surface area contributed by atoms with Gasteiger partial charge in [-0.2, -0.15) is 0 Å². The highest BCUT2D eigenvalue weighted by Gasteiger charge is 2.32. The number of carbonyl (C=O) groups excluding carboxylic acids is 3. The Bertz CT molecular complexity index is 707. The minimum Gasteiger partial charge on any atom is -0.481 e. The Morgan fingerprint density at radius 2 is 1.48 bits per heavy atom. The van der Waals surface area contributed by atoms with E-state index in [9.17, 15) is 33.9 Å². The van der Waals surface area contributed by atoms with E-state index in [0.717, 1.165) is 6.42 Å². The first-order valence-corrected chi connectivity index (χ1v) is 9.46. The van der Waals surface area contributed by atoms with Crippen LogP contribution in [0.2, 0.25) is 0 Å². The summed E-state index contributed by atoms with van der Waals surface area (Å²) >= 11 is 0. The third kappa shape index (κ3) is 8.96. The summed E-state index contributed by atoms with van der Waals surface area (Å²) in [6.07, 6.45) is -0.661. The molecule has 0 aromatic rings. The molecule has 8 N–H and O–H groups in total. The summed E-state index contributed by atoms with van der Waals surface area (Å²) in [5.74, 6) is -7.09. The van der Waals surface area contributed by atoms with E-state index >= 15 is 0 Å². The minimum absolute atomic E-state index is 0.442. The van der Waals surface area contributed by atoms with Crippen molar-refractivity contribution in [1.82, 2.24) is 21.3 Å². The third-order valence-corrected chi connectivity index (χ3v) is 4.47. The fraction of sp³-hybridized carbons (Fsp3) is 0.647. The van der Waals surface area contributed by atoms with Crippen molar-refractivity contribution in [3.05, 3.63) is 0 Å². The van der Waals surface area contributed by atoms with E-state index in [1.54, 1.807) is 0 Å². The molecule has 1 heterocycles. The fourth-order valence-corrected chi connectivity index (χ4v) is 2.83. The van der Waals surface area contributed by atoms with Gasteiger partial charge in [0.15, 0.2) is 0 Å². The van der Waals surface area contributed by atoms with Crippen molar-refractivity contribution in [3.8, 4) is 0 Å². The summed E-state index contributed by atoms with van der Waals surface area (Å²) in [6, 6.07) is -5.34. The molecule has 1 saturated heterocycles. The van der Waals surface area contributed by atoms with Crippen LogP contribution in [-0.4, -0.2) is 93.4 Å². The van der Waals surface area contributed by atoms with E-state index in [1.165, 1.54) is 0 Å². The minimum atomic E-state index is -1.81. The lowest BCUT2D eigenvalue weighted by Gasteiger charge is -2.24. The molecule has 14 heteroatoms. The Morgan fingerprint density at radius 3 is 1.97 bits per heavy atom. The molecule has 1 rings (SSSR count). The highest BCUT2D eigenvalue weighted by atomic mass is 16.4. The van der Waals surface area contributed by atoms with Gasteiger partial charge in [-0.3, -0.25) is 24.0 Å². The van der Waals surface area contributed by atoms with Crippen molar-refractivity contribution in [2.24, 2.45) is 0 Å². The highest BCUT2D eigenvalue weighted by molar-refractivity contribution is 5.95. The average Bonchev–Trinajstić information content (AvgIpc) is 3.22. The quantitative estimate of drug-likeness (QED) is 0.139. The maximum absolute atomic E-state index is 12.4. The lowest BCUT2D eigenvalue weighted by atomic mass is 10.1. The van der Waals surface area contributed by atoms with E-state index in [2.05, 4.69) is 16.0 Å². The molecule has 174 valence electrons. The zero-order valence-corrected chi connectivity index (χ0v) is 16.5. The molecule has 1 fully saturated rings. The lowest BCUT2D eigenvalue weighted by molar-refractivity contribution is -0.147. The molecule has 0 aromatic carbocycles. The fourth-order valence-electron chi connectivity index (χ4n) is 2.83. The van der Waals surface area contributed by atoms with Gasteiger partial charge in [0.05, 0.1) is 19.1 Å². The van der Waals surface area contributed by atoms with Gasteiger partial charge in [0.2, 0.25) is 17.7 Å². The maximum Gasteiger partial charge on any atom is 0.326 e. The predicted octanol–water partition coefficient (Wildman–Crippen LogP) is -3.39. The number of rotatable bonds is 13. The van der Waals surface area contributed by atoms with Crippen LogP contribution in [0.1, 0.15) is 32.1 Å². The van der Waals surface area contributed by atoms with Gasteiger partial charge >= 0.3 is 17.9 Å². The highest BCUT2D eigenvalue weighted by Crippen LogP contribution is 2.06. The van der Waals surface area contributed by atoms with Crippen LogP contribution < -0.4 is 21.3 Å². The summed E-state index contributed by atoms with van der Waals surface area (Å²) < 4.78 is 0. The smallest absolute Gasteiger partial charge is 0.326 e. The molecule has 4 unspecified atom stereocenters. The van der Waals surface area contributed by atoms with Crippen molar-refractivity contribution < 1.29 is 49.2 Å². The predicted molar refractivity (Wildman–Crippen MR) is 101 cm³/mol. The van der Waals surface area contributed by atoms with Gasteiger partial charge in [-0.25, -0.2) is 4.79 Å². The zero-order valence-electron chi connectivity index (χ0n) is 16.5. The molecule has 0 saturated carbocycles. The number of aliphatic hydroxyl groups excluding tert-OH is 1. The summed E-state index contributed by atoms with van der Waals surface area (Å²) in [5.41, 5.74) is 0. The number of amides is 3. The number of nitrogens with one attached hydrogen (secondary N) is 4. The second-order valence-electron chi connectivity index (χ2n) is 6.88. The standard InChI is InChI=1S/C17H26N4O10/c22-7-11(21-14(27)8-2-1-5-18-8)16(29)19-9(3-4-12(23)24)15(28)20-10(17(30)31)6-13(25)26/h8-11,18,22H,1-7H2,(H,19,29)(H,20,28)(H,21,27)(H,23,24)(H,25,26)(H,30,31). The van der Waals surface area contributed by atoms with Crippen LogP contribution in [0.25, 0.3) is 0 Å². The lowest BCUT2D eigenvalue weighted by Crippen LogP contribution is -2.58. The third-order valence-electron chi connectivity index (χ3n) is 4.47. The Kier molecular flexibility index (Phi) is 10.3. The molecule has 1 aliphatic heterocycles. The number of carbonyl (C=O) groups is 6. The van der Waals surface area contributed by atoms with Gasteiger partial charge in [-0.05, 0) is 25.8 Å². The van der Waals surface area contributed by atoms with Gasteiger partial charge in [0.1, 0.15) is 18.1 Å². The number of hydrogen-bond acceptors (Lipinski definition) is 8. The van der Waals surface area contributed by atoms with Gasteiger partial charge in [-0.15, -0.1) is 0 Å². The molecule has 31 heavy (non-hydrogen) atoms. The summed E-state index contributed by atoms with van der Waals surface area (Å²) in [7, 11) is 0. The molecule has 0 spiro atoms. The molecular weight excluding hydrogens is 420 g/mol. The van der Waals surface area contributed by atoms with Crippen LogP contribution in [-0.2, 0) is 28.8 Å². The molecule has 0 aliphatic carbocycles. The van der Waals surface area contributed by atoms with Crippen molar-refractivity contribution >= 4 is 35.6 Å². The molecule has 0 bridgehead atoms. The molecule has 3 amide bonds. The van der Waals surface area contributed by atoms with Gasteiger partial charge in [0.25, 0.3) is 0 Å². The van der Waals surface area contributed by atoms with Crippen LogP contribution in [0.5, 0.6) is 0 Å². The molecule has 0 radical (unpaired) electrons. The molecule has 4 atom stereocenters. The van der Waals surface area contributed by atoms with E-state index in [4.69, 9.17) is 15.3 Å². The van der Waals surface area contributed by atoms with E-state index in [0.29, 0.717) is 13.0 Å². The SMILES string of the molecule is O=C(O)CCC(NC(=O)C(CO)NC(=O)C1CCCN1)C(=O)NC(CC(=O)O)C(=O)O. The average molecular weight is 446 g/mol. The first-order valence-electron chi connectivity index (χ1n) is 9.46. The number of aliphatic carboxylic acids is 3. The second-order valence-corrected chi connectivity index (χ2v) is 6.88. The summed E-state index contributed by atoms with van der Waals surface area (Å²) in [6.45, 7) is -0.194. The Labute approximate surface area is 176 Å². The first-order chi connectivity index (χ1) is 14.5. The van der Waals surface area contributed by atoms with Crippen molar-refractivity contribution in [2.45, 2.75) is 56.3 Å².